The van der Waals surface area contributed by atoms with E-state index in [1.54, 1.807) is 49.0 Å². The predicted octanol–water partition coefficient (Wildman–Crippen LogP) is 3.24. The molecule has 0 radical (unpaired) electrons. The van der Waals surface area contributed by atoms with Gasteiger partial charge in [0, 0.05) is 26.2 Å². The summed E-state index contributed by atoms with van der Waals surface area (Å²) in [5, 5.41) is 2.80. The number of rotatable bonds is 7. The Hall–Kier alpha value is -4.11. The molecule has 180 valence electrons. The van der Waals surface area contributed by atoms with Gasteiger partial charge in [0.1, 0.15) is 5.69 Å². The molecule has 1 heterocycles. The second-order valence-corrected chi connectivity index (χ2v) is 10.0. The van der Waals surface area contributed by atoms with Gasteiger partial charge in [0.15, 0.2) is 0 Å². The van der Waals surface area contributed by atoms with Gasteiger partial charge >= 0.3 is 0 Å². The standard InChI is InChI=1S/C26H26N4O4S/c1-19-24(26(32)30(28(19)2)22-14-8-5-9-15-22)29(3)35(33,34)23-16-10-13-21(17-23)25(31)27-18-20-11-6-4-7-12-20/h4-17H,18H2,1-3H3,(H,27,31). The number of hydrogen-bond donors (Lipinski definition) is 1. The van der Waals surface area contributed by atoms with Crippen LogP contribution in [0.5, 0.6) is 0 Å². The number of sulfonamides is 1. The number of carbonyl (C=O) groups excluding carboxylic acids is 1. The monoisotopic (exact) mass is 490 g/mol. The fourth-order valence-corrected chi connectivity index (χ4v) is 5.17. The number of aromatic nitrogens is 2. The molecule has 8 nitrogen and oxygen atoms in total. The molecule has 1 N–H and O–H groups in total. The van der Waals surface area contributed by atoms with Crippen LogP contribution in [0.1, 0.15) is 21.6 Å². The smallest absolute Gasteiger partial charge is 0.296 e. The molecule has 0 spiro atoms. The lowest BCUT2D eigenvalue weighted by molar-refractivity contribution is 0.0950. The van der Waals surface area contributed by atoms with Crippen molar-refractivity contribution in [2.24, 2.45) is 7.05 Å². The number of amides is 1. The zero-order valence-corrected chi connectivity index (χ0v) is 20.5. The van der Waals surface area contributed by atoms with E-state index in [-0.39, 0.29) is 16.1 Å². The molecule has 9 heteroatoms. The summed E-state index contributed by atoms with van der Waals surface area (Å²) in [5.41, 5.74) is 1.83. The van der Waals surface area contributed by atoms with Crippen LogP contribution in [-0.2, 0) is 23.6 Å². The van der Waals surface area contributed by atoms with Crippen molar-refractivity contribution < 1.29 is 13.2 Å². The normalized spacial score (nSPS) is 11.3. The summed E-state index contributed by atoms with van der Waals surface area (Å²) in [7, 11) is -1.08. The Morgan fingerprint density at radius 2 is 1.57 bits per heavy atom. The topological polar surface area (TPSA) is 93.4 Å². The maximum atomic E-state index is 13.5. The molecule has 35 heavy (non-hydrogen) atoms. The van der Waals surface area contributed by atoms with Crippen LogP contribution in [0.4, 0.5) is 5.69 Å². The fourth-order valence-electron chi connectivity index (χ4n) is 3.87. The molecule has 0 atom stereocenters. The van der Waals surface area contributed by atoms with E-state index in [1.807, 2.05) is 36.4 Å². The number of benzene rings is 3. The molecule has 0 aliphatic carbocycles. The third-order valence-electron chi connectivity index (χ3n) is 5.89. The number of nitrogens with one attached hydrogen (secondary N) is 1. The van der Waals surface area contributed by atoms with Crippen molar-refractivity contribution in [2.45, 2.75) is 18.4 Å². The van der Waals surface area contributed by atoms with E-state index in [0.29, 0.717) is 17.9 Å². The van der Waals surface area contributed by atoms with Crippen molar-refractivity contribution >= 4 is 21.6 Å². The van der Waals surface area contributed by atoms with Gasteiger partial charge in [0.2, 0.25) is 0 Å². The van der Waals surface area contributed by atoms with E-state index in [2.05, 4.69) is 5.32 Å². The Kier molecular flexibility index (Phi) is 6.61. The van der Waals surface area contributed by atoms with Crippen LogP contribution in [0.3, 0.4) is 0 Å². The van der Waals surface area contributed by atoms with Gasteiger partial charge in [-0.3, -0.25) is 18.6 Å². The van der Waals surface area contributed by atoms with Crippen LogP contribution in [0.25, 0.3) is 5.69 Å². The van der Waals surface area contributed by atoms with Crippen LogP contribution >= 0.6 is 0 Å². The number of para-hydroxylation sites is 1. The molecular formula is C26H26N4O4S. The minimum atomic E-state index is -4.12. The SMILES string of the molecule is Cc1c(N(C)S(=O)(=O)c2cccc(C(=O)NCc3ccccc3)c2)c(=O)n(-c2ccccc2)n1C. The van der Waals surface area contributed by atoms with Gasteiger partial charge in [0.25, 0.3) is 21.5 Å². The van der Waals surface area contributed by atoms with Crippen molar-refractivity contribution in [3.8, 4) is 5.69 Å². The molecule has 1 aromatic heterocycles. The van der Waals surface area contributed by atoms with E-state index in [0.717, 1.165) is 9.87 Å². The highest BCUT2D eigenvalue weighted by Gasteiger charge is 2.29. The minimum Gasteiger partial charge on any atom is -0.348 e. The van der Waals surface area contributed by atoms with Crippen molar-refractivity contribution in [2.75, 3.05) is 11.4 Å². The van der Waals surface area contributed by atoms with Crippen LogP contribution in [-0.4, -0.2) is 30.7 Å². The van der Waals surface area contributed by atoms with Crippen LogP contribution < -0.4 is 15.2 Å². The Bertz CT molecular complexity index is 1520. The molecule has 3 aromatic carbocycles. The maximum Gasteiger partial charge on any atom is 0.296 e. The Morgan fingerprint density at radius 1 is 0.943 bits per heavy atom. The highest BCUT2D eigenvalue weighted by atomic mass is 32.2. The highest BCUT2D eigenvalue weighted by molar-refractivity contribution is 7.92. The van der Waals surface area contributed by atoms with Crippen LogP contribution in [0.2, 0.25) is 0 Å². The van der Waals surface area contributed by atoms with Gasteiger partial charge in [-0.05, 0) is 42.8 Å². The lowest BCUT2D eigenvalue weighted by Gasteiger charge is -2.18. The lowest BCUT2D eigenvalue weighted by atomic mass is 10.2. The fraction of sp³-hybridized carbons (Fsp3) is 0.154. The van der Waals surface area contributed by atoms with Gasteiger partial charge in [-0.1, -0.05) is 54.6 Å². The Morgan fingerprint density at radius 3 is 2.23 bits per heavy atom. The summed E-state index contributed by atoms with van der Waals surface area (Å²) < 4.78 is 31.0. The molecule has 0 aliphatic rings. The zero-order chi connectivity index (χ0) is 25.2. The Balaban J connectivity index is 1.64. The summed E-state index contributed by atoms with van der Waals surface area (Å²) in [6.45, 7) is 2.01. The molecule has 0 saturated heterocycles. The number of hydrogen-bond acceptors (Lipinski definition) is 4. The van der Waals surface area contributed by atoms with Gasteiger partial charge in [0.05, 0.1) is 16.3 Å². The number of anilines is 1. The average Bonchev–Trinajstić information content (AvgIpc) is 3.10. The molecule has 0 saturated carbocycles. The van der Waals surface area contributed by atoms with Crippen molar-refractivity contribution in [3.05, 3.63) is 112 Å². The van der Waals surface area contributed by atoms with E-state index in [4.69, 9.17) is 0 Å². The summed E-state index contributed by atoms with van der Waals surface area (Å²) in [5.74, 6) is -0.393. The van der Waals surface area contributed by atoms with Crippen LogP contribution in [0, 0.1) is 6.92 Å². The van der Waals surface area contributed by atoms with Crippen molar-refractivity contribution in [1.29, 1.82) is 0 Å². The highest BCUT2D eigenvalue weighted by Crippen LogP contribution is 2.24. The van der Waals surface area contributed by atoms with Crippen molar-refractivity contribution in [1.82, 2.24) is 14.7 Å². The average molecular weight is 491 g/mol. The first-order valence-electron chi connectivity index (χ1n) is 11.0. The van der Waals surface area contributed by atoms with E-state index in [1.165, 1.54) is 29.9 Å². The second kappa shape index (κ2) is 9.63. The quantitative estimate of drug-likeness (QED) is 0.430. The summed E-state index contributed by atoms with van der Waals surface area (Å²) in [6, 6.07) is 24.2. The van der Waals surface area contributed by atoms with E-state index >= 15 is 0 Å². The van der Waals surface area contributed by atoms with E-state index < -0.39 is 21.5 Å². The summed E-state index contributed by atoms with van der Waals surface area (Å²) >= 11 is 0. The Labute approximate surface area is 204 Å². The van der Waals surface area contributed by atoms with Gasteiger partial charge in [-0.15, -0.1) is 0 Å². The molecular weight excluding hydrogens is 464 g/mol. The van der Waals surface area contributed by atoms with Gasteiger partial charge < -0.3 is 5.32 Å². The second-order valence-electron chi connectivity index (χ2n) is 8.08. The summed E-state index contributed by atoms with van der Waals surface area (Å²) in [6.07, 6.45) is 0. The molecule has 0 fully saturated rings. The number of carbonyl (C=O) groups is 1. The van der Waals surface area contributed by atoms with Gasteiger partial charge in [-0.2, -0.15) is 0 Å². The molecule has 4 rings (SSSR count). The largest absolute Gasteiger partial charge is 0.348 e. The first kappa shape index (κ1) is 24.0. The predicted molar refractivity (Wildman–Crippen MR) is 135 cm³/mol. The molecule has 0 aliphatic heterocycles. The third-order valence-corrected chi connectivity index (χ3v) is 7.64. The first-order valence-corrected chi connectivity index (χ1v) is 12.4. The van der Waals surface area contributed by atoms with E-state index in [9.17, 15) is 18.0 Å². The van der Waals surface area contributed by atoms with Crippen molar-refractivity contribution in [3.63, 3.8) is 0 Å². The maximum absolute atomic E-state index is 13.5. The molecule has 0 unspecified atom stereocenters. The van der Waals surface area contributed by atoms with Gasteiger partial charge in [-0.25, -0.2) is 13.1 Å². The van der Waals surface area contributed by atoms with Crippen LogP contribution in [0.15, 0.2) is 94.6 Å². The molecule has 0 bridgehead atoms. The summed E-state index contributed by atoms with van der Waals surface area (Å²) in [4.78, 5) is 25.9. The lowest BCUT2D eigenvalue weighted by Crippen LogP contribution is -2.32. The zero-order valence-electron chi connectivity index (χ0n) is 19.7. The number of nitrogens with zero attached hydrogens (tertiary/aromatic N) is 3. The minimum absolute atomic E-state index is 0.0373. The molecule has 4 aromatic rings. The third kappa shape index (κ3) is 4.63. The first-order chi connectivity index (χ1) is 16.7. The molecule has 1 amide bonds.